The number of hydrogen-bond acceptors (Lipinski definition) is 8. The molecule has 0 radical (unpaired) electrons. The number of methoxy groups -OCH3 is 1. The van der Waals surface area contributed by atoms with E-state index in [0.29, 0.717) is 55.7 Å². The van der Waals surface area contributed by atoms with Crippen LogP contribution >= 0.6 is 0 Å². The van der Waals surface area contributed by atoms with Crippen LogP contribution in [0.3, 0.4) is 0 Å². The Kier molecular flexibility index (Phi) is 6.73. The zero-order valence-corrected chi connectivity index (χ0v) is 18.7. The van der Waals surface area contributed by atoms with E-state index in [2.05, 4.69) is 25.3 Å². The molecule has 2 heterocycles. The van der Waals surface area contributed by atoms with Crippen molar-refractivity contribution in [3.05, 3.63) is 48.0 Å². The molecule has 1 fully saturated rings. The van der Waals surface area contributed by atoms with Crippen LogP contribution in [0.25, 0.3) is 11.0 Å². The summed E-state index contributed by atoms with van der Waals surface area (Å²) < 4.78 is 34.0. The van der Waals surface area contributed by atoms with Gasteiger partial charge in [0.05, 0.1) is 22.9 Å². The molecule has 0 saturated carbocycles. The van der Waals surface area contributed by atoms with Gasteiger partial charge in [-0.2, -0.15) is 0 Å². The number of nitrogens with zero attached hydrogens (tertiary/aromatic N) is 2. The molecular weight excluding hydrogens is 430 g/mol. The Hall–Kier alpha value is -2.95. The molecule has 0 spiro atoms. The molecule has 2 aromatic carbocycles. The molecule has 4 N–H and O–H groups in total. The molecule has 4 rings (SSSR count). The fourth-order valence-electron chi connectivity index (χ4n) is 3.72. The summed E-state index contributed by atoms with van der Waals surface area (Å²) in [6, 6.07) is 12.2. The molecule has 0 unspecified atom stereocenters. The Morgan fingerprint density at radius 2 is 1.78 bits per heavy atom. The van der Waals surface area contributed by atoms with E-state index in [-0.39, 0.29) is 17.4 Å². The first-order chi connectivity index (χ1) is 15.5. The summed E-state index contributed by atoms with van der Waals surface area (Å²) in [5.74, 6) is 0.480. The lowest BCUT2D eigenvalue weighted by Crippen LogP contribution is -2.38. The number of fused-ring (bicyclic) bond motifs is 1. The molecule has 170 valence electrons. The Labute approximate surface area is 187 Å². The van der Waals surface area contributed by atoms with Gasteiger partial charge in [-0.1, -0.05) is 18.2 Å². The highest BCUT2D eigenvalue weighted by Crippen LogP contribution is 2.30. The van der Waals surface area contributed by atoms with Crippen molar-refractivity contribution in [1.82, 2.24) is 15.3 Å². The summed E-state index contributed by atoms with van der Waals surface area (Å²) >= 11 is 0. The highest BCUT2D eigenvalue weighted by molar-refractivity contribution is 7.93. The summed E-state index contributed by atoms with van der Waals surface area (Å²) in [5.41, 5.74) is 2.70. The van der Waals surface area contributed by atoms with E-state index in [1.807, 2.05) is 18.2 Å². The number of benzene rings is 2. The van der Waals surface area contributed by atoms with Gasteiger partial charge in [-0.3, -0.25) is 4.72 Å². The van der Waals surface area contributed by atoms with Crippen LogP contribution < -0.4 is 15.4 Å². The molecule has 1 saturated heterocycles. The van der Waals surface area contributed by atoms with Gasteiger partial charge in [0.15, 0.2) is 11.6 Å². The van der Waals surface area contributed by atoms with Crippen molar-refractivity contribution in [2.75, 3.05) is 36.8 Å². The number of piperidine rings is 1. The van der Waals surface area contributed by atoms with Crippen molar-refractivity contribution in [2.24, 2.45) is 0 Å². The second kappa shape index (κ2) is 9.68. The highest BCUT2D eigenvalue weighted by Gasteiger charge is 2.28. The number of anilines is 3. The molecule has 1 aliphatic heterocycles. The SMILES string of the molecule is COCCc1ccc(O)cc1Nc1nc2ccccc2nc1NS(=O)(=O)C1CCNCC1. The van der Waals surface area contributed by atoms with Crippen LogP contribution in [0, 0.1) is 0 Å². The lowest BCUT2D eigenvalue weighted by atomic mass is 10.1. The number of sulfonamides is 1. The molecule has 1 aromatic heterocycles. The number of ether oxygens (including phenoxy) is 1. The van der Waals surface area contributed by atoms with Gasteiger partial charge >= 0.3 is 0 Å². The first kappa shape index (κ1) is 22.3. The van der Waals surface area contributed by atoms with E-state index in [4.69, 9.17) is 4.74 Å². The van der Waals surface area contributed by atoms with E-state index in [0.717, 1.165) is 5.56 Å². The Morgan fingerprint density at radius 1 is 1.09 bits per heavy atom. The number of nitrogens with one attached hydrogen (secondary N) is 3. The number of hydrogen-bond donors (Lipinski definition) is 4. The summed E-state index contributed by atoms with van der Waals surface area (Å²) in [6.07, 6.45) is 1.68. The van der Waals surface area contributed by atoms with E-state index < -0.39 is 15.3 Å². The molecule has 0 atom stereocenters. The lowest BCUT2D eigenvalue weighted by molar-refractivity contribution is 0.202. The van der Waals surface area contributed by atoms with E-state index >= 15 is 0 Å². The second-order valence-electron chi connectivity index (χ2n) is 7.72. The second-order valence-corrected chi connectivity index (χ2v) is 9.68. The predicted molar refractivity (Wildman–Crippen MR) is 125 cm³/mol. The molecule has 9 nitrogen and oxygen atoms in total. The van der Waals surface area contributed by atoms with Gasteiger partial charge in [0, 0.05) is 18.9 Å². The molecule has 0 aliphatic carbocycles. The topological polar surface area (TPSA) is 125 Å². The van der Waals surface area contributed by atoms with Crippen LogP contribution in [0.15, 0.2) is 42.5 Å². The number of rotatable bonds is 8. The zero-order valence-electron chi connectivity index (χ0n) is 17.8. The largest absolute Gasteiger partial charge is 0.508 e. The van der Waals surface area contributed by atoms with Crippen LogP contribution in [-0.2, 0) is 21.2 Å². The average molecular weight is 458 g/mol. The van der Waals surface area contributed by atoms with Crippen LogP contribution in [0.1, 0.15) is 18.4 Å². The van der Waals surface area contributed by atoms with Gasteiger partial charge in [-0.15, -0.1) is 0 Å². The first-order valence-corrected chi connectivity index (χ1v) is 12.1. The quantitative estimate of drug-likeness (QED) is 0.407. The van der Waals surface area contributed by atoms with Crippen molar-refractivity contribution < 1.29 is 18.3 Å². The Morgan fingerprint density at radius 3 is 2.47 bits per heavy atom. The zero-order chi connectivity index (χ0) is 22.6. The van der Waals surface area contributed by atoms with Gasteiger partial charge < -0.3 is 20.5 Å². The third-order valence-corrected chi connectivity index (χ3v) is 7.28. The Balaban J connectivity index is 1.73. The minimum absolute atomic E-state index is 0.0826. The maximum Gasteiger partial charge on any atom is 0.236 e. The molecule has 3 aromatic rings. The van der Waals surface area contributed by atoms with Crippen molar-refractivity contribution in [3.8, 4) is 5.75 Å². The summed E-state index contributed by atoms with van der Waals surface area (Å²) in [4.78, 5) is 9.17. The smallest absolute Gasteiger partial charge is 0.236 e. The van der Waals surface area contributed by atoms with E-state index in [1.54, 1.807) is 31.4 Å². The molecule has 10 heteroatoms. The van der Waals surface area contributed by atoms with Crippen LogP contribution in [0.5, 0.6) is 5.75 Å². The minimum atomic E-state index is -3.65. The normalized spacial score (nSPS) is 15.0. The van der Waals surface area contributed by atoms with Gasteiger partial charge in [-0.25, -0.2) is 18.4 Å². The van der Waals surface area contributed by atoms with E-state index in [1.165, 1.54) is 0 Å². The van der Waals surface area contributed by atoms with Gasteiger partial charge in [-0.05, 0) is 56.1 Å². The van der Waals surface area contributed by atoms with Gasteiger partial charge in [0.1, 0.15) is 5.75 Å². The minimum Gasteiger partial charge on any atom is -0.508 e. The monoisotopic (exact) mass is 457 g/mol. The maximum absolute atomic E-state index is 13.1. The number of aromatic hydroxyl groups is 1. The van der Waals surface area contributed by atoms with E-state index in [9.17, 15) is 13.5 Å². The highest BCUT2D eigenvalue weighted by atomic mass is 32.2. The molecule has 0 amide bonds. The third kappa shape index (κ3) is 5.09. The lowest BCUT2D eigenvalue weighted by Gasteiger charge is -2.23. The summed E-state index contributed by atoms with van der Waals surface area (Å²) in [5, 5.41) is 15.9. The van der Waals surface area contributed by atoms with Crippen LogP contribution in [-0.4, -0.2) is 55.5 Å². The predicted octanol–water partition coefficient (Wildman–Crippen LogP) is 2.76. The van der Waals surface area contributed by atoms with Gasteiger partial charge in [0.2, 0.25) is 10.0 Å². The summed E-state index contributed by atoms with van der Waals surface area (Å²) in [7, 11) is -2.03. The van der Waals surface area contributed by atoms with Crippen molar-refractivity contribution in [3.63, 3.8) is 0 Å². The van der Waals surface area contributed by atoms with Crippen molar-refractivity contribution >= 4 is 38.4 Å². The number of phenols is 1. The molecule has 32 heavy (non-hydrogen) atoms. The molecular formula is C22H27N5O4S. The summed E-state index contributed by atoms with van der Waals surface area (Å²) in [6.45, 7) is 1.82. The number of para-hydroxylation sites is 2. The molecule has 1 aliphatic rings. The average Bonchev–Trinajstić information content (AvgIpc) is 2.79. The maximum atomic E-state index is 13.1. The van der Waals surface area contributed by atoms with Crippen molar-refractivity contribution in [2.45, 2.75) is 24.5 Å². The van der Waals surface area contributed by atoms with Crippen molar-refractivity contribution in [1.29, 1.82) is 0 Å². The van der Waals surface area contributed by atoms with Crippen LogP contribution in [0.2, 0.25) is 0 Å². The third-order valence-electron chi connectivity index (χ3n) is 5.46. The Bertz CT molecular complexity index is 1200. The fraction of sp³-hybridized carbons (Fsp3) is 0.364. The van der Waals surface area contributed by atoms with Crippen LogP contribution in [0.4, 0.5) is 17.3 Å². The number of aromatic nitrogens is 2. The van der Waals surface area contributed by atoms with Gasteiger partial charge in [0.25, 0.3) is 0 Å². The molecule has 0 bridgehead atoms. The number of phenolic OH excluding ortho intramolecular Hbond substituents is 1. The standard InChI is InChI=1S/C22H27N5O4S/c1-31-13-10-15-6-7-16(28)14-20(15)26-21-22(25-19-5-3-2-4-18(19)24-21)27-32(29,30)17-8-11-23-12-9-17/h2-7,14,17,23,28H,8-13H2,1H3,(H,24,26)(H,25,27). The first-order valence-electron chi connectivity index (χ1n) is 10.5. The fourth-order valence-corrected chi connectivity index (χ4v) is 5.16.